The van der Waals surface area contributed by atoms with Crippen molar-refractivity contribution in [2.24, 2.45) is 0 Å². The van der Waals surface area contributed by atoms with Gasteiger partial charge in [0, 0.05) is 48.3 Å². The summed E-state index contributed by atoms with van der Waals surface area (Å²) in [5, 5.41) is 1.16. The lowest BCUT2D eigenvalue weighted by molar-refractivity contribution is -0.152. The largest absolute Gasteiger partial charge is 0.494 e. The summed E-state index contributed by atoms with van der Waals surface area (Å²) in [6, 6.07) is 6.13. The van der Waals surface area contributed by atoms with E-state index in [-0.39, 0.29) is 5.91 Å². The number of H-pyrrole nitrogens is 1. The van der Waals surface area contributed by atoms with Crippen LogP contribution in [0.2, 0.25) is 0 Å². The van der Waals surface area contributed by atoms with Crippen LogP contribution in [0, 0.1) is 0 Å². The van der Waals surface area contributed by atoms with Gasteiger partial charge >= 0.3 is 0 Å². The number of carbonyl (C=O) groups excluding carboxylic acids is 1. The lowest BCUT2D eigenvalue weighted by atomic mass is 9.98. The molecule has 0 radical (unpaired) electrons. The third-order valence-corrected chi connectivity index (χ3v) is 5.22. The number of carbonyl (C=O) groups is 1. The third kappa shape index (κ3) is 2.47. The number of fused-ring (bicyclic) bond motifs is 3. The monoisotopic (exact) mass is 328 g/mol. The number of aromatic amines is 1. The highest BCUT2D eigenvalue weighted by atomic mass is 16.5. The molecule has 1 fully saturated rings. The standard InChI is InChI=1S/C19H24N2O3/c1-3-23-13-5-6-16-14(11-13)15-12-21(9-7-17(15)20-16)18(22)19(2)8-4-10-24-19/h5-6,11,20H,3-4,7-10,12H2,1-2H3. The van der Waals surface area contributed by atoms with Crippen LogP contribution in [0.15, 0.2) is 18.2 Å². The normalized spacial score (nSPS) is 23.5. The first-order valence-electron chi connectivity index (χ1n) is 8.80. The number of rotatable bonds is 3. The highest BCUT2D eigenvalue weighted by Gasteiger charge is 2.41. The summed E-state index contributed by atoms with van der Waals surface area (Å²) in [4.78, 5) is 18.4. The summed E-state index contributed by atoms with van der Waals surface area (Å²) in [6.07, 6.45) is 2.64. The molecule has 5 heteroatoms. The maximum absolute atomic E-state index is 12.9. The minimum Gasteiger partial charge on any atom is -0.494 e. The Bertz CT molecular complexity index is 774. The molecule has 1 saturated heterocycles. The summed E-state index contributed by atoms with van der Waals surface area (Å²) < 4.78 is 11.4. The first-order valence-corrected chi connectivity index (χ1v) is 8.80. The maximum Gasteiger partial charge on any atom is 0.254 e. The van der Waals surface area contributed by atoms with E-state index in [2.05, 4.69) is 17.1 Å². The number of hydrogen-bond donors (Lipinski definition) is 1. The van der Waals surface area contributed by atoms with Gasteiger partial charge in [-0.2, -0.15) is 0 Å². The van der Waals surface area contributed by atoms with Gasteiger partial charge in [0.25, 0.3) is 5.91 Å². The minimum absolute atomic E-state index is 0.126. The van der Waals surface area contributed by atoms with Crippen LogP contribution in [0.5, 0.6) is 5.75 Å². The van der Waals surface area contributed by atoms with Crippen molar-refractivity contribution in [3.05, 3.63) is 29.5 Å². The van der Waals surface area contributed by atoms with Gasteiger partial charge < -0.3 is 19.4 Å². The van der Waals surface area contributed by atoms with Crippen molar-refractivity contribution in [1.82, 2.24) is 9.88 Å². The molecule has 0 spiro atoms. The zero-order valence-corrected chi connectivity index (χ0v) is 14.4. The molecule has 1 atom stereocenters. The van der Waals surface area contributed by atoms with Gasteiger partial charge in [0.15, 0.2) is 0 Å². The number of hydrogen-bond acceptors (Lipinski definition) is 3. The van der Waals surface area contributed by atoms with Crippen LogP contribution in [0.25, 0.3) is 10.9 Å². The van der Waals surface area contributed by atoms with Gasteiger partial charge in [-0.25, -0.2) is 0 Å². The van der Waals surface area contributed by atoms with Crippen molar-refractivity contribution >= 4 is 16.8 Å². The SMILES string of the molecule is CCOc1ccc2[nH]c3c(c2c1)CN(C(=O)C1(C)CCCO1)CC3. The van der Waals surface area contributed by atoms with Crippen LogP contribution in [0.3, 0.4) is 0 Å². The van der Waals surface area contributed by atoms with Gasteiger partial charge in [0.1, 0.15) is 11.4 Å². The van der Waals surface area contributed by atoms with Crippen molar-refractivity contribution in [2.45, 2.75) is 45.3 Å². The second-order valence-electron chi connectivity index (χ2n) is 6.88. The molecule has 1 unspecified atom stereocenters. The van der Waals surface area contributed by atoms with Crippen molar-refractivity contribution in [3.8, 4) is 5.75 Å². The first-order chi connectivity index (χ1) is 11.6. The van der Waals surface area contributed by atoms with Gasteiger partial charge in [-0.05, 0) is 44.9 Å². The predicted molar refractivity (Wildman–Crippen MR) is 92.2 cm³/mol. The van der Waals surface area contributed by atoms with Crippen molar-refractivity contribution in [3.63, 3.8) is 0 Å². The second kappa shape index (κ2) is 5.81. The van der Waals surface area contributed by atoms with E-state index in [4.69, 9.17) is 9.47 Å². The Morgan fingerprint density at radius 2 is 2.33 bits per heavy atom. The number of nitrogens with one attached hydrogen (secondary N) is 1. The summed E-state index contributed by atoms with van der Waals surface area (Å²) in [5.41, 5.74) is 2.93. The third-order valence-electron chi connectivity index (χ3n) is 5.22. The molecule has 3 heterocycles. The number of nitrogens with zero attached hydrogens (tertiary/aromatic N) is 1. The zero-order valence-electron chi connectivity index (χ0n) is 14.4. The van der Waals surface area contributed by atoms with E-state index >= 15 is 0 Å². The molecule has 1 N–H and O–H groups in total. The molecular weight excluding hydrogens is 304 g/mol. The molecule has 4 rings (SSSR count). The molecule has 1 amide bonds. The lowest BCUT2D eigenvalue weighted by Gasteiger charge is -2.33. The Morgan fingerprint density at radius 3 is 3.08 bits per heavy atom. The van der Waals surface area contributed by atoms with E-state index < -0.39 is 5.60 Å². The molecule has 2 aliphatic heterocycles. The number of aromatic nitrogens is 1. The Kier molecular flexibility index (Phi) is 3.76. The highest BCUT2D eigenvalue weighted by molar-refractivity contribution is 5.89. The van der Waals surface area contributed by atoms with Crippen molar-refractivity contribution < 1.29 is 14.3 Å². The molecule has 1 aromatic carbocycles. The fraction of sp³-hybridized carbons (Fsp3) is 0.526. The van der Waals surface area contributed by atoms with Crippen LogP contribution in [0.4, 0.5) is 0 Å². The lowest BCUT2D eigenvalue weighted by Crippen LogP contribution is -2.48. The van der Waals surface area contributed by atoms with Crippen LogP contribution in [-0.4, -0.2) is 41.2 Å². The first kappa shape index (κ1) is 15.5. The van der Waals surface area contributed by atoms with Gasteiger partial charge in [-0.1, -0.05) is 0 Å². The fourth-order valence-electron chi connectivity index (χ4n) is 3.91. The average Bonchev–Trinajstić information content (AvgIpc) is 3.18. The molecule has 0 bridgehead atoms. The predicted octanol–water partition coefficient (Wildman–Crippen LogP) is 3.02. The molecule has 2 aromatic rings. The van der Waals surface area contributed by atoms with Crippen LogP contribution in [-0.2, 0) is 22.5 Å². The summed E-state index contributed by atoms with van der Waals surface area (Å²) in [5.74, 6) is 1.00. The summed E-state index contributed by atoms with van der Waals surface area (Å²) in [7, 11) is 0. The summed E-state index contributed by atoms with van der Waals surface area (Å²) >= 11 is 0. The molecule has 24 heavy (non-hydrogen) atoms. The van der Waals surface area contributed by atoms with E-state index in [1.807, 2.05) is 24.8 Å². The van der Waals surface area contributed by atoms with Crippen molar-refractivity contribution in [2.75, 3.05) is 19.8 Å². The molecular formula is C19H24N2O3. The second-order valence-corrected chi connectivity index (χ2v) is 6.88. The Morgan fingerprint density at radius 1 is 1.46 bits per heavy atom. The number of benzene rings is 1. The van der Waals surface area contributed by atoms with Crippen molar-refractivity contribution in [1.29, 1.82) is 0 Å². The number of ether oxygens (including phenoxy) is 2. The maximum atomic E-state index is 12.9. The highest BCUT2D eigenvalue weighted by Crippen LogP contribution is 2.33. The van der Waals surface area contributed by atoms with Gasteiger partial charge in [-0.3, -0.25) is 4.79 Å². The van der Waals surface area contributed by atoms with Crippen LogP contribution >= 0.6 is 0 Å². The van der Waals surface area contributed by atoms with E-state index in [9.17, 15) is 4.79 Å². The Labute approximate surface area is 141 Å². The Hall–Kier alpha value is -2.01. The topological polar surface area (TPSA) is 54.6 Å². The van der Waals surface area contributed by atoms with Gasteiger partial charge in [-0.15, -0.1) is 0 Å². The van der Waals surface area contributed by atoms with Gasteiger partial charge in [0.05, 0.1) is 6.61 Å². The molecule has 128 valence electrons. The molecule has 2 aliphatic rings. The van der Waals surface area contributed by atoms with Gasteiger partial charge in [0.2, 0.25) is 0 Å². The molecule has 0 saturated carbocycles. The fourth-order valence-corrected chi connectivity index (χ4v) is 3.91. The zero-order chi connectivity index (χ0) is 16.7. The van der Waals surface area contributed by atoms with E-state index in [0.29, 0.717) is 19.8 Å². The Balaban J connectivity index is 1.64. The molecule has 0 aliphatic carbocycles. The van der Waals surface area contributed by atoms with E-state index in [0.717, 1.165) is 42.5 Å². The van der Waals surface area contributed by atoms with E-state index in [1.165, 1.54) is 11.3 Å². The van der Waals surface area contributed by atoms with E-state index in [1.54, 1.807) is 0 Å². The quantitative estimate of drug-likeness (QED) is 0.942. The van der Waals surface area contributed by atoms with Crippen LogP contribution in [0.1, 0.15) is 37.9 Å². The summed E-state index contributed by atoms with van der Waals surface area (Å²) in [6.45, 7) is 6.64. The smallest absolute Gasteiger partial charge is 0.254 e. The average molecular weight is 328 g/mol. The van der Waals surface area contributed by atoms with Crippen LogP contribution < -0.4 is 4.74 Å². The molecule has 1 aromatic heterocycles. The number of amides is 1. The minimum atomic E-state index is -0.639. The molecule has 5 nitrogen and oxygen atoms in total.